The first kappa shape index (κ1) is 13.3. The molecule has 0 saturated heterocycles. The summed E-state index contributed by atoms with van der Waals surface area (Å²) in [5.74, 6) is 0.0691. The molecule has 0 saturated carbocycles. The van der Waals surface area contributed by atoms with Gasteiger partial charge in [-0.05, 0) is 44.0 Å². The predicted molar refractivity (Wildman–Crippen MR) is 80.0 cm³/mol. The first-order chi connectivity index (χ1) is 9.13. The lowest BCUT2D eigenvalue weighted by Crippen LogP contribution is -2.08. The molecular formula is C17H19NO. The summed E-state index contributed by atoms with van der Waals surface area (Å²) in [6, 6.07) is 13.4. The van der Waals surface area contributed by atoms with Crippen LogP contribution in [0.3, 0.4) is 0 Å². The van der Waals surface area contributed by atoms with Gasteiger partial charge in [0.05, 0.1) is 0 Å². The molecule has 19 heavy (non-hydrogen) atoms. The molecule has 0 radical (unpaired) electrons. The second kappa shape index (κ2) is 5.70. The maximum Gasteiger partial charge on any atom is 0.195 e. The molecule has 2 rings (SSSR count). The van der Waals surface area contributed by atoms with Gasteiger partial charge in [0, 0.05) is 23.4 Å². The molecule has 1 N–H and O–H groups in total. The van der Waals surface area contributed by atoms with Crippen LogP contribution in [0.1, 0.15) is 34.0 Å². The van der Waals surface area contributed by atoms with Crippen molar-refractivity contribution in [2.24, 2.45) is 0 Å². The highest BCUT2D eigenvalue weighted by molar-refractivity contribution is 6.12. The molecule has 2 aromatic carbocycles. The van der Waals surface area contributed by atoms with Gasteiger partial charge < -0.3 is 5.32 Å². The standard InChI is InChI=1S/C17H19NO/c1-4-18-16-11-13(3)12(2)10-15(16)17(19)14-8-6-5-7-9-14/h5-11,18H,4H2,1-3H3. The summed E-state index contributed by atoms with van der Waals surface area (Å²) >= 11 is 0. The van der Waals surface area contributed by atoms with Gasteiger partial charge in [-0.2, -0.15) is 0 Å². The third-order valence-electron chi connectivity index (χ3n) is 3.28. The summed E-state index contributed by atoms with van der Waals surface area (Å²) in [6.45, 7) is 6.93. The van der Waals surface area contributed by atoms with Gasteiger partial charge in [0.1, 0.15) is 0 Å². The highest BCUT2D eigenvalue weighted by Crippen LogP contribution is 2.23. The zero-order chi connectivity index (χ0) is 13.8. The van der Waals surface area contributed by atoms with E-state index in [0.29, 0.717) is 0 Å². The number of carbonyl (C=O) groups is 1. The highest BCUT2D eigenvalue weighted by Gasteiger charge is 2.14. The van der Waals surface area contributed by atoms with Gasteiger partial charge >= 0.3 is 0 Å². The smallest absolute Gasteiger partial charge is 0.195 e. The van der Waals surface area contributed by atoms with Gasteiger partial charge in [-0.25, -0.2) is 0 Å². The van der Waals surface area contributed by atoms with Crippen LogP contribution in [0.4, 0.5) is 5.69 Å². The molecule has 0 atom stereocenters. The second-order valence-corrected chi connectivity index (χ2v) is 4.71. The molecule has 0 heterocycles. The van der Waals surface area contributed by atoms with Gasteiger partial charge in [-0.3, -0.25) is 4.79 Å². The van der Waals surface area contributed by atoms with E-state index >= 15 is 0 Å². The number of ketones is 1. The van der Waals surface area contributed by atoms with Crippen LogP contribution in [-0.4, -0.2) is 12.3 Å². The number of anilines is 1. The zero-order valence-corrected chi connectivity index (χ0v) is 11.7. The molecular weight excluding hydrogens is 234 g/mol. The van der Waals surface area contributed by atoms with Crippen LogP contribution in [0.5, 0.6) is 0 Å². The maximum atomic E-state index is 12.6. The minimum atomic E-state index is 0.0691. The third-order valence-corrected chi connectivity index (χ3v) is 3.28. The van der Waals surface area contributed by atoms with Gasteiger partial charge in [0.25, 0.3) is 0 Å². The topological polar surface area (TPSA) is 29.1 Å². The second-order valence-electron chi connectivity index (χ2n) is 4.71. The SMILES string of the molecule is CCNc1cc(C)c(C)cc1C(=O)c1ccccc1. The van der Waals surface area contributed by atoms with E-state index in [4.69, 9.17) is 0 Å². The molecule has 2 aromatic rings. The molecule has 98 valence electrons. The Morgan fingerprint density at radius 3 is 2.32 bits per heavy atom. The van der Waals surface area contributed by atoms with Crippen molar-refractivity contribution in [1.29, 1.82) is 0 Å². The molecule has 0 spiro atoms. The summed E-state index contributed by atoms with van der Waals surface area (Å²) in [7, 11) is 0. The van der Waals surface area contributed by atoms with E-state index in [2.05, 4.69) is 18.3 Å². The fraction of sp³-hybridized carbons (Fsp3) is 0.235. The van der Waals surface area contributed by atoms with Crippen molar-refractivity contribution in [2.75, 3.05) is 11.9 Å². The fourth-order valence-corrected chi connectivity index (χ4v) is 2.09. The molecule has 2 heteroatoms. The maximum absolute atomic E-state index is 12.6. The Labute approximate surface area is 114 Å². The van der Waals surface area contributed by atoms with Crippen LogP contribution in [0, 0.1) is 13.8 Å². The van der Waals surface area contributed by atoms with Crippen molar-refractivity contribution >= 4 is 11.5 Å². The molecule has 0 amide bonds. The summed E-state index contributed by atoms with van der Waals surface area (Å²) in [4.78, 5) is 12.6. The Kier molecular flexibility index (Phi) is 4.00. The van der Waals surface area contributed by atoms with Gasteiger partial charge in [-0.15, -0.1) is 0 Å². The Hall–Kier alpha value is -2.09. The first-order valence-corrected chi connectivity index (χ1v) is 6.58. The van der Waals surface area contributed by atoms with Crippen LogP contribution in [0.2, 0.25) is 0 Å². The number of aryl methyl sites for hydroxylation is 2. The van der Waals surface area contributed by atoms with Crippen molar-refractivity contribution in [3.63, 3.8) is 0 Å². The predicted octanol–water partition coefficient (Wildman–Crippen LogP) is 3.97. The molecule has 0 unspecified atom stereocenters. The Bertz CT molecular complexity index is 588. The van der Waals surface area contributed by atoms with Crippen molar-refractivity contribution < 1.29 is 4.79 Å². The zero-order valence-electron chi connectivity index (χ0n) is 11.7. The summed E-state index contributed by atoms with van der Waals surface area (Å²) < 4.78 is 0. The highest BCUT2D eigenvalue weighted by atomic mass is 16.1. The van der Waals surface area contributed by atoms with E-state index in [1.165, 1.54) is 5.56 Å². The normalized spacial score (nSPS) is 10.3. The van der Waals surface area contributed by atoms with E-state index < -0.39 is 0 Å². The van der Waals surface area contributed by atoms with Gasteiger partial charge in [0.15, 0.2) is 5.78 Å². The van der Waals surface area contributed by atoms with E-state index in [0.717, 1.165) is 28.9 Å². The van der Waals surface area contributed by atoms with Crippen LogP contribution in [0.25, 0.3) is 0 Å². The van der Waals surface area contributed by atoms with Crippen molar-refractivity contribution in [3.8, 4) is 0 Å². The average molecular weight is 253 g/mol. The van der Waals surface area contributed by atoms with Crippen LogP contribution >= 0.6 is 0 Å². The van der Waals surface area contributed by atoms with E-state index in [1.54, 1.807) is 0 Å². The number of rotatable bonds is 4. The number of nitrogens with one attached hydrogen (secondary N) is 1. The first-order valence-electron chi connectivity index (χ1n) is 6.58. The molecule has 0 fully saturated rings. The van der Waals surface area contributed by atoms with Crippen molar-refractivity contribution in [2.45, 2.75) is 20.8 Å². The summed E-state index contributed by atoms with van der Waals surface area (Å²) in [6.07, 6.45) is 0. The van der Waals surface area contributed by atoms with Crippen molar-refractivity contribution in [3.05, 3.63) is 64.7 Å². The molecule has 0 aliphatic carbocycles. The summed E-state index contributed by atoms with van der Waals surface area (Å²) in [5, 5.41) is 3.27. The number of hydrogen-bond donors (Lipinski definition) is 1. The quantitative estimate of drug-likeness (QED) is 0.835. The van der Waals surface area contributed by atoms with Gasteiger partial charge in [0.2, 0.25) is 0 Å². The minimum absolute atomic E-state index is 0.0691. The number of carbonyl (C=O) groups excluding carboxylic acids is 1. The largest absolute Gasteiger partial charge is 0.385 e. The lowest BCUT2D eigenvalue weighted by atomic mass is 9.97. The monoisotopic (exact) mass is 253 g/mol. The average Bonchev–Trinajstić information content (AvgIpc) is 2.43. The Morgan fingerprint density at radius 2 is 1.68 bits per heavy atom. The van der Waals surface area contributed by atoms with E-state index in [-0.39, 0.29) is 5.78 Å². The molecule has 0 aromatic heterocycles. The summed E-state index contributed by atoms with van der Waals surface area (Å²) in [5.41, 5.74) is 4.72. The Morgan fingerprint density at radius 1 is 1.05 bits per heavy atom. The molecule has 0 aliphatic rings. The van der Waals surface area contributed by atoms with Crippen LogP contribution in [-0.2, 0) is 0 Å². The van der Waals surface area contributed by atoms with Gasteiger partial charge in [-0.1, -0.05) is 30.3 Å². The third kappa shape index (κ3) is 2.84. The van der Waals surface area contributed by atoms with Crippen LogP contribution in [0.15, 0.2) is 42.5 Å². The fourth-order valence-electron chi connectivity index (χ4n) is 2.09. The van der Waals surface area contributed by atoms with Crippen molar-refractivity contribution in [1.82, 2.24) is 0 Å². The molecule has 2 nitrogen and oxygen atoms in total. The van der Waals surface area contributed by atoms with E-state index in [1.807, 2.05) is 50.2 Å². The van der Waals surface area contributed by atoms with Crippen LogP contribution < -0.4 is 5.32 Å². The van der Waals surface area contributed by atoms with E-state index in [9.17, 15) is 4.79 Å². The number of hydrogen-bond acceptors (Lipinski definition) is 2. The number of benzene rings is 2. The Balaban J connectivity index is 2.49. The minimum Gasteiger partial charge on any atom is -0.385 e. The lowest BCUT2D eigenvalue weighted by Gasteiger charge is -2.13. The lowest BCUT2D eigenvalue weighted by molar-refractivity contribution is 0.103. The molecule has 0 bridgehead atoms. The molecule has 0 aliphatic heterocycles.